The van der Waals surface area contributed by atoms with Crippen LogP contribution in [-0.4, -0.2) is 44.6 Å². The van der Waals surface area contributed by atoms with Crippen LogP contribution in [0.2, 0.25) is 0 Å². The smallest absolute Gasteiger partial charge is 0.355 e. The summed E-state index contributed by atoms with van der Waals surface area (Å²) in [5.74, 6) is -1.23. The Balaban J connectivity index is 2.19. The van der Waals surface area contributed by atoms with Gasteiger partial charge in [-0.15, -0.1) is 0 Å². The van der Waals surface area contributed by atoms with E-state index in [1.165, 1.54) is 12.1 Å². The molecule has 0 aliphatic carbocycles. The van der Waals surface area contributed by atoms with Gasteiger partial charge in [0.1, 0.15) is 5.69 Å². The second-order valence-electron chi connectivity index (χ2n) is 6.02. The van der Waals surface area contributed by atoms with E-state index in [0.29, 0.717) is 24.5 Å². The molecule has 0 saturated carbocycles. The number of hydrogen-bond acceptors (Lipinski definition) is 6. The van der Waals surface area contributed by atoms with Crippen LogP contribution in [0.4, 0.5) is 11.4 Å². The number of rotatable bonds is 8. The van der Waals surface area contributed by atoms with Gasteiger partial charge in [-0.1, -0.05) is 0 Å². The molecule has 0 aliphatic heterocycles. The van der Waals surface area contributed by atoms with E-state index in [1.54, 1.807) is 36.0 Å². The summed E-state index contributed by atoms with van der Waals surface area (Å²) in [4.78, 5) is 26.1. The first-order valence-corrected chi connectivity index (χ1v) is 10.2. The average molecular weight is 408 g/mol. The van der Waals surface area contributed by atoms with Crippen molar-refractivity contribution >= 4 is 33.3 Å². The lowest BCUT2D eigenvalue weighted by atomic mass is 10.2. The second-order valence-corrected chi connectivity index (χ2v) is 7.59. The number of carbonyl (C=O) groups is 2. The van der Waals surface area contributed by atoms with E-state index in [9.17, 15) is 18.0 Å². The number of nitrogens with two attached hydrogens (primary N) is 1. The fourth-order valence-corrected chi connectivity index (χ4v) is 3.24. The molecule has 0 spiro atoms. The molecule has 10 heteroatoms. The number of aryl methyl sites for hydroxylation is 1. The average Bonchev–Trinajstić information content (AvgIpc) is 3.07. The Hall–Kier alpha value is -2.85. The predicted octanol–water partition coefficient (Wildman–Crippen LogP) is 1.31. The van der Waals surface area contributed by atoms with E-state index in [-0.39, 0.29) is 10.6 Å². The maximum atomic E-state index is 12.3. The minimum absolute atomic E-state index is 0.125. The molecule has 0 unspecified atom stereocenters. The molecular formula is C18H24N4O5S. The SMILES string of the molecule is CCN(CC)c1ccc(S(N)(=O)=O)cc1NC(=O)COC(=O)c1cccn1C. The van der Waals surface area contributed by atoms with E-state index < -0.39 is 28.5 Å². The zero-order valence-corrected chi connectivity index (χ0v) is 16.8. The molecular weight excluding hydrogens is 384 g/mol. The van der Waals surface area contributed by atoms with Gasteiger partial charge < -0.3 is 19.5 Å². The second kappa shape index (κ2) is 8.89. The van der Waals surface area contributed by atoms with Crippen LogP contribution in [-0.2, 0) is 26.6 Å². The van der Waals surface area contributed by atoms with Gasteiger partial charge in [-0.2, -0.15) is 0 Å². The Morgan fingerprint density at radius 1 is 1.21 bits per heavy atom. The van der Waals surface area contributed by atoms with Crippen molar-refractivity contribution in [2.45, 2.75) is 18.7 Å². The standard InChI is InChI=1S/C18H24N4O5S/c1-4-22(5-2)15-9-8-13(28(19,25)26)11-14(15)20-17(23)12-27-18(24)16-7-6-10-21(16)3/h6-11H,4-5,12H2,1-3H3,(H,20,23)(H2,19,25,26). The predicted molar refractivity (Wildman–Crippen MR) is 106 cm³/mol. The lowest BCUT2D eigenvalue weighted by Gasteiger charge is -2.24. The minimum Gasteiger partial charge on any atom is -0.451 e. The van der Waals surface area contributed by atoms with Gasteiger partial charge in [0.05, 0.1) is 16.3 Å². The van der Waals surface area contributed by atoms with Crippen molar-refractivity contribution in [1.82, 2.24) is 4.57 Å². The van der Waals surface area contributed by atoms with Crippen LogP contribution < -0.4 is 15.4 Å². The summed E-state index contributed by atoms with van der Waals surface area (Å²) in [5.41, 5.74) is 1.22. The number of hydrogen-bond donors (Lipinski definition) is 2. The number of amides is 1. The number of sulfonamides is 1. The van der Waals surface area contributed by atoms with Gasteiger partial charge in [0.25, 0.3) is 5.91 Å². The monoisotopic (exact) mass is 408 g/mol. The third-order valence-corrected chi connectivity index (χ3v) is 5.07. The summed E-state index contributed by atoms with van der Waals surface area (Å²) in [6, 6.07) is 7.52. The Labute approximate surface area is 164 Å². The van der Waals surface area contributed by atoms with E-state index in [0.717, 1.165) is 0 Å². The van der Waals surface area contributed by atoms with Crippen molar-refractivity contribution in [2.75, 3.05) is 29.9 Å². The van der Waals surface area contributed by atoms with Gasteiger partial charge in [0, 0.05) is 26.3 Å². The molecule has 152 valence electrons. The molecule has 0 saturated heterocycles. The van der Waals surface area contributed by atoms with Crippen LogP contribution in [0.25, 0.3) is 0 Å². The maximum Gasteiger partial charge on any atom is 0.355 e. The van der Waals surface area contributed by atoms with Crippen LogP contribution in [0.1, 0.15) is 24.3 Å². The van der Waals surface area contributed by atoms with Crippen LogP contribution in [0.15, 0.2) is 41.4 Å². The number of ether oxygens (including phenoxy) is 1. The number of carbonyl (C=O) groups excluding carboxylic acids is 2. The number of aromatic nitrogens is 1. The number of anilines is 2. The third kappa shape index (κ3) is 5.11. The molecule has 0 radical (unpaired) electrons. The molecule has 0 bridgehead atoms. The molecule has 0 atom stereocenters. The molecule has 1 amide bonds. The normalized spacial score (nSPS) is 11.1. The first-order chi connectivity index (χ1) is 13.2. The quantitative estimate of drug-likeness (QED) is 0.635. The summed E-state index contributed by atoms with van der Waals surface area (Å²) in [6.45, 7) is 4.66. The minimum atomic E-state index is -3.94. The molecule has 0 aliphatic rings. The lowest BCUT2D eigenvalue weighted by molar-refractivity contribution is -0.119. The van der Waals surface area contributed by atoms with Crippen LogP contribution in [0, 0.1) is 0 Å². The third-order valence-electron chi connectivity index (χ3n) is 4.16. The summed E-state index contributed by atoms with van der Waals surface area (Å²) in [6.07, 6.45) is 1.69. The highest BCUT2D eigenvalue weighted by molar-refractivity contribution is 7.89. The van der Waals surface area contributed by atoms with Gasteiger partial charge in [-0.25, -0.2) is 18.4 Å². The van der Waals surface area contributed by atoms with Crippen LogP contribution in [0.5, 0.6) is 0 Å². The van der Waals surface area contributed by atoms with Gasteiger partial charge in [-0.05, 0) is 44.2 Å². The maximum absolute atomic E-state index is 12.3. The summed E-state index contributed by atoms with van der Waals surface area (Å²) in [5, 5.41) is 7.79. The molecule has 2 rings (SSSR count). The Morgan fingerprint density at radius 3 is 2.43 bits per heavy atom. The molecule has 2 aromatic rings. The highest BCUT2D eigenvalue weighted by atomic mass is 32.2. The zero-order chi connectivity index (χ0) is 20.9. The van der Waals surface area contributed by atoms with E-state index >= 15 is 0 Å². The molecule has 1 heterocycles. The Kier molecular flexibility index (Phi) is 6.81. The lowest BCUT2D eigenvalue weighted by Crippen LogP contribution is -2.26. The summed E-state index contributed by atoms with van der Waals surface area (Å²) in [7, 11) is -2.25. The molecule has 0 fully saturated rings. The number of esters is 1. The topological polar surface area (TPSA) is 124 Å². The van der Waals surface area contributed by atoms with Gasteiger partial charge in [0.2, 0.25) is 10.0 Å². The first-order valence-electron chi connectivity index (χ1n) is 8.67. The van der Waals surface area contributed by atoms with Crippen molar-refractivity contribution in [1.29, 1.82) is 0 Å². The fraction of sp³-hybridized carbons (Fsp3) is 0.333. The Bertz CT molecular complexity index is 964. The summed E-state index contributed by atoms with van der Waals surface area (Å²) < 4.78 is 29.9. The van der Waals surface area contributed by atoms with Crippen molar-refractivity contribution in [2.24, 2.45) is 12.2 Å². The van der Waals surface area contributed by atoms with Crippen molar-refractivity contribution < 1.29 is 22.7 Å². The largest absolute Gasteiger partial charge is 0.451 e. The van der Waals surface area contributed by atoms with E-state index in [1.807, 2.05) is 18.7 Å². The van der Waals surface area contributed by atoms with Crippen LogP contribution in [0.3, 0.4) is 0 Å². The van der Waals surface area contributed by atoms with E-state index in [2.05, 4.69) is 5.32 Å². The van der Waals surface area contributed by atoms with Crippen molar-refractivity contribution in [3.8, 4) is 0 Å². The van der Waals surface area contributed by atoms with Crippen LogP contribution >= 0.6 is 0 Å². The highest BCUT2D eigenvalue weighted by Crippen LogP contribution is 2.28. The zero-order valence-electron chi connectivity index (χ0n) is 16.0. The molecule has 9 nitrogen and oxygen atoms in total. The van der Waals surface area contributed by atoms with Gasteiger partial charge in [-0.3, -0.25) is 4.79 Å². The highest BCUT2D eigenvalue weighted by Gasteiger charge is 2.18. The molecule has 28 heavy (non-hydrogen) atoms. The Morgan fingerprint density at radius 2 is 1.89 bits per heavy atom. The first kappa shape index (κ1) is 21.5. The van der Waals surface area contributed by atoms with Gasteiger partial charge in [0.15, 0.2) is 6.61 Å². The molecule has 3 N–H and O–H groups in total. The van der Waals surface area contributed by atoms with Crippen molar-refractivity contribution in [3.63, 3.8) is 0 Å². The number of nitrogens with one attached hydrogen (secondary N) is 1. The fourth-order valence-electron chi connectivity index (χ4n) is 2.70. The van der Waals surface area contributed by atoms with Gasteiger partial charge >= 0.3 is 5.97 Å². The number of benzene rings is 1. The summed E-state index contributed by atoms with van der Waals surface area (Å²) >= 11 is 0. The molecule has 1 aromatic heterocycles. The molecule has 1 aromatic carbocycles. The van der Waals surface area contributed by atoms with E-state index in [4.69, 9.17) is 9.88 Å². The number of primary sulfonamides is 1. The number of nitrogens with zero attached hydrogens (tertiary/aromatic N) is 2. The van der Waals surface area contributed by atoms with Crippen molar-refractivity contribution in [3.05, 3.63) is 42.2 Å².